The highest BCUT2D eigenvalue weighted by atomic mass is 16.2. The Balaban J connectivity index is 1.71. The second kappa shape index (κ2) is 6.26. The Morgan fingerprint density at radius 2 is 2.05 bits per heavy atom. The zero-order valence-electron chi connectivity index (χ0n) is 12.1. The summed E-state index contributed by atoms with van der Waals surface area (Å²) >= 11 is 0. The van der Waals surface area contributed by atoms with Crippen LogP contribution in [-0.4, -0.2) is 54.3 Å². The van der Waals surface area contributed by atoms with Crippen LogP contribution in [0.4, 0.5) is 0 Å². The first-order chi connectivity index (χ1) is 10.3. The van der Waals surface area contributed by atoms with Crippen LogP contribution in [0.25, 0.3) is 0 Å². The molecule has 2 amide bonds. The fourth-order valence-corrected chi connectivity index (χ4v) is 3.10. The van der Waals surface area contributed by atoms with Crippen LogP contribution in [0.3, 0.4) is 0 Å². The molecule has 5 nitrogen and oxygen atoms in total. The Bertz CT molecular complexity index is 518. The third-order valence-electron chi connectivity index (χ3n) is 4.25. The molecule has 1 aromatic rings. The lowest BCUT2D eigenvalue weighted by molar-refractivity contribution is -0.140. The first kappa shape index (κ1) is 14.1. The summed E-state index contributed by atoms with van der Waals surface area (Å²) in [5.41, 5.74) is 1.14. The molecule has 2 heterocycles. The van der Waals surface area contributed by atoms with Gasteiger partial charge < -0.3 is 15.1 Å². The summed E-state index contributed by atoms with van der Waals surface area (Å²) < 4.78 is 0. The first-order valence-corrected chi connectivity index (χ1v) is 7.58. The molecule has 112 valence electrons. The van der Waals surface area contributed by atoms with Crippen LogP contribution in [0.5, 0.6) is 0 Å². The van der Waals surface area contributed by atoms with Crippen LogP contribution in [-0.2, 0) is 9.59 Å². The third-order valence-corrected chi connectivity index (χ3v) is 4.25. The van der Waals surface area contributed by atoms with E-state index < -0.39 is 0 Å². The second-order valence-corrected chi connectivity index (χ2v) is 5.64. The highest BCUT2D eigenvalue weighted by Crippen LogP contribution is 2.22. The molecule has 0 aromatic heterocycles. The van der Waals surface area contributed by atoms with Gasteiger partial charge in [0.15, 0.2) is 0 Å². The minimum atomic E-state index is 0.0561. The molecule has 0 radical (unpaired) electrons. The van der Waals surface area contributed by atoms with Crippen molar-refractivity contribution in [3.8, 4) is 0 Å². The predicted octanol–water partition coefficient (Wildman–Crippen LogP) is 0.782. The number of likely N-dealkylation sites (tertiary alicyclic amines) is 1. The van der Waals surface area contributed by atoms with Crippen LogP contribution in [0.1, 0.15) is 24.4 Å². The minimum absolute atomic E-state index is 0.0561. The zero-order valence-corrected chi connectivity index (χ0v) is 12.1. The monoisotopic (exact) mass is 287 g/mol. The Labute approximate surface area is 124 Å². The lowest BCUT2D eigenvalue weighted by atomic mass is 10.0. The number of nitrogens with zero attached hydrogens (tertiary/aromatic N) is 2. The van der Waals surface area contributed by atoms with Crippen molar-refractivity contribution in [1.82, 2.24) is 15.1 Å². The molecule has 0 aliphatic carbocycles. The second-order valence-electron chi connectivity index (χ2n) is 5.64. The number of carbonyl (C=O) groups is 2. The van der Waals surface area contributed by atoms with Gasteiger partial charge in [-0.25, -0.2) is 0 Å². The van der Waals surface area contributed by atoms with E-state index in [4.69, 9.17) is 0 Å². The van der Waals surface area contributed by atoms with E-state index in [9.17, 15) is 9.59 Å². The lowest BCUT2D eigenvalue weighted by Crippen LogP contribution is -2.51. The lowest BCUT2D eigenvalue weighted by Gasteiger charge is -2.37. The summed E-state index contributed by atoms with van der Waals surface area (Å²) in [6.45, 7) is 3.21. The minimum Gasteiger partial charge on any atom is -0.333 e. The van der Waals surface area contributed by atoms with Gasteiger partial charge in [-0.2, -0.15) is 0 Å². The summed E-state index contributed by atoms with van der Waals surface area (Å²) in [7, 11) is 0. The Hall–Kier alpha value is -1.88. The Morgan fingerprint density at radius 3 is 2.76 bits per heavy atom. The van der Waals surface area contributed by atoms with Gasteiger partial charge in [0, 0.05) is 32.6 Å². The van der Waals surface area contributed by atoms with Gasteiger partial charge in [0.2, 0.25) is 11.8 Å². The van der Waals surface area contributed by atoms with Crippen molar-refractivity contribution in [2.45, 2.75) is 18.9 Å². The summed E-state index contributed by atoms with van der Waals surface area (Å²) in [6, 6.07) is 10.1. The maximum absolute atomic E-state index is 12.6. The average molecular weight is 287 g/mol. The van der Waals surface area contributed by atoms with Crippen LogP contribution in [0, 0.1) is 0 Å². The molecule has 1 N–H and O–H groups in total. The van der Waals surface area contributed by atoms with E-state index in [2.05, 4.69) is 17.4 Å². The Kier molecular flexibility index (Phi) is 4.20. The van der Waals surface area contributed by atoms with Crippen LogP contribution >= 0.6 is 0 Å². The normalized spacial score (nSPS) is 22.7. The molecule has 2 saturated heterocycles. The van der Waals surface area contributed by atoms with Gasteiger partial charge in [-0.15, -0.1) is 0 Å². The molecular weight excluding hydrogens is 266 g/mol. The number of piperazine rings is 1. The molecule has 2 aliphatic rings. The van der Waals surface area contributed by atoms with Crippen LogP contribution in [0.15, 0.2) is 30.3 Å². The number of benzene rings is 1. The van der Waals surface area contributed by atoms with E-state index in [1.54, 1.807) is 4.90 Å². The molecule has 2 fully saturated rings. The standard InChI is InChI=1S/C16H21N3O2/c20-15-7-4-9-18(15)12-16(21)19-10-8-17-11-14(19)13-5-2-1-3-6-13/h1-3,5-6,14,17H,4,7-12H2. The molecule has 1 unspecified atom stereocenters. The van der Waals surface area contributed by atoms with Gasteiger partial charge >= 0.3 is 0 Å². The molecular formula is C16H21N3O2. The van der Waals surface area contributed by atoms with E-state index in [1.165, 1.54) is 0 Å². The molecule has 5 heteroatoms. The fourth-order valence-electron chi connectivity index (χ4n) is 3.10. The molecule has 2 aliphatic heterocycles. The summed E-state index contributed by atoms with van der Waals surface area (Å²) in [5, 5.41) is 3.35. The number of hydrogen-bond donors (Lipinski definition) is 1. The van der Waals surface area contributed by atoms with Crippen LogP contribution in [0.2, 0.25) is 0 Å². The maximum atomic E-state index is 12.6. The van der Waals surface area contributed by atoms with Crippen molar-refractivity contribution < 1.29 is 9.59 Å². The van der Waals surface area contributed by atoms with Crippen molar-refractivity contribution in [3.05, 3.63) is 35.9 Å². The van der Waals surface area contributed by atoms with Crippen molar-refractivity contribution in [3.63, 3.8) is 0 Å². The van der Waals surface area contributed by atoms with Crippen LogP contribution < -0.4 is 5.32 Å². The van der Waals surface area contributed by atoms with Gasteiger partial charge in [-0.1, -0.05) is 30.3 Å². The molecule has 0 bridgehead atoms. The van der Waals surface area contributed by atoms with E-state index in [1.807, 2.05) is 23.1 Å². The summed E-state index contributed by atoms with van der Waals surface area (Å²) in [5.74, 6) is 0.162. The quantitative estimate of drug-likeness (QED) is 0.894. The van der Waals surface area contributed by atoms with Gasteiger partial charge in [0.25, 0.3) is 0 Å². The fraction of sp³-hybridized carbons (Fsp3) is 0.500. The zero-order chi connectivity index (χ0) is 14.7. The third kappa shape index (κ3) is 3.08. The van der Waals surface area contributed by atoms with Crippen molar-refractivity contribution >= 4 is 11.8 Å². The molecule has 1 aromatic carbocycles. The largest absolute Gasteiger partial charge is 0.333 e. The van der Waals surface area contributed by atoms with Crippen molar-refractivity contribution in [2.75, 3.05) is 32.7 Å². The molecule has 21 heavy (non-hydrogen) atoms. The van der Waals surface area contributed by atoms with E-state index in [0.29, 0.717) is 19.5 Å². The number of amides is 2. The maximum Gasteiger partial charge on any atom is 0.242 e. The SMILES string of the molecule is O=C1CCCN1CC(=O)N1CCNCC1c1ccccc1. The number of hydrogen-bond acceptors (Lipinski definition) is 3. The molecule has 0 saturated carbocycles. The summed E-state index contributed by atoms with van der Waals surface area (Å²) in [4.78, 5) is 27.9. The highest BCUT2D eigenvalue weighted by Gasteiger charge is 2.30. The van der Waals surface area contributed by atoms with Gasteiger partial charge in [0.1, 0.15) is 0 Å². The molecule has 0 spiro atoms. The van der Waals surface area contributed by atoms with Gasteiger partial charge in [-0.05, 0) is 12.0 Å². The first-order valence-electron chi connectivity index (χ1n) is 7.58. The van der Waals surface area contributed by atoms with E-state index >= 15 is 0 Å². The van der Waals surface area contributed by atoms with E-state index in [0.717, 1.165) is 25.1 Å². The number of carbonyl (C=O) groups excluding carboxylic acids is 2. The average Bonchev–Trinajstić information content (AvgIpc) is 2.93. The number of nitrogens with one attached hydrogen (secondary N) is 1. The van der Waals surface area contributed by atoms with Gasteiger partial charge in [0.05, 0.1) is 12.6 Å². The molecule has 3 rings (SSSR count). The smallest absolute Gasteiger partial charge is 0.242 e. The Morgan fingerprint density at radius 1 is 1.24 bits per heavy atom. The predicted molar refractivity (Wildman–Crippen MR) is 79.6 cm³/mol. The van der Waals surface area contributed by atoms with Gasteiger partial charge in [-0.3, -0.25) is 9.59 Å². The summed E-state index contributed by atoms with van der Waals surface area (Å²) in [6.07, 6.45) is 1.45. The highest BCUT2D eigenvalue weighted by molar-refractivity contribution is 5.86. The molecule has 1 atom stereocenters. The van der Waals surface area contributed by atoms with Crippen molar-refractivity contribution in [1.29, 1.82) is 0 Å². The van der Waals surface area contributed by atoms with Crippen molar-refractivity contribution in [2.24, 2.45) is 0 Å². The number of rotatable bonds is 3. The van der Waals surface area contributed by atoms with E-state index in [-0.39, 0.29) is 24.4 Å². The topological polar surface area (TPSA) is 52.7 Å².